The number of hydrogen-bond acceptors (Lipinski definition) is 4. The molecular weight excluding hydrogens is 398 g/mol. The zero-order valence-corrected chi connectivity index (χ0v) is 18.8. The van der Waals surface area contributed by atoms with Gasteiger partial charge < -0.3 is 14.8 Å². The molecular formula is C28H31NO3. The molecule has 0 heterocycles. The Balaban J connectivity index is 1.45. The third-order valence-electron chi connectivity index (χ3n) is 6.47. The lowest BCUT2D eigenvalue weighted by Gasteiger charge is -2.38. The molecule has 4 heteroatoms. The Hall–Kier alpha value is -3.11. The Morgan fingerprint density at radius 2 is 1.75 bits per heavy atom. The maximum atomic E-state index is 12.3. The van der Waals surface area contributed by atoms with Gasteiger partial charge in [0, 0.05) is 12.0 Å². The Kier molecular flexibility index (Phi) is 7.23. The van der Waals surface area contributed by atoms with Crippen molar-refractivity contribution in [2.45, 2.75) is 38.3 Å². The number of benzene rings is 3. The van der Waals surface area contributed by atoms with Crippen molar-refractivity contribution in [1.82, 2.24) is 5.32 Å². The van der Waals surface area contributed by atoms with Gasteiger partial charge in [0.05, 0.1) is 13.7 Å². The van der Waals surface area contributed by atoms with E-state index in [1.807, 2.05) is 30.3 Å². The smallest absolute Gasteiger partial charge is 0.320 e. The van der Waals surface area contributed by atoms with Crippen LogP contribution >= 0.6 is 0 Å². The highest BCUT2D eigenvalue weighted by Crippen LogP contribution is 2.43. The average Bonchev–Trinajstić information content (AvgIpc) is 2.86. The van der Waals surface area contributed by atoms with Crippen LogP contribution < -0.4 is 10.1 Å². The molecule has 0 saturated carbocycles. The average molecular weight is 430 g/mol. The minimum absolute atomic E-state index is 0.166. The predicted octanol–water partition coefficient (Wildman–Crippen LogP) is 5.11. The van der Waals surface area contributed by atoms with Crippen molar-refractivity contribution in [2.75, 3.05) is 13.7 Å². The van der Waals surface area contributed by atoms with Crippen molar-refractivity contribution in [3.8, 4) is 5.75 Å². The third kappa shape index (κ3) is 5.20. The fourth-order valence-corrected chi connectivity index (χ4v) is 4.76. The van der Waals surface area contributed by atoms with Crippen LogP contribution in [-0.4, -0.2) is 25.7 Å². The van der Waals surface area contributed by atoms with Crippen LogP contribution in [0.4, 0.5) is 0 Å². The van der Waals surface area contributed by atoms with Gasteiger partial charge in [-0.25, -0.2) is 0 Å². The first kappa shape index (κ1) is 22.1. The van der Waals surface area contributed by atoms with E-state index in [1.165, 1.54) is 16.7 Å². The van der Waals surface area contributed by atoms with E-state index in [-0.39, 0.29) is 24.5 Å². The lowest BCUT2D eigenvalue weighted by atomic mass is 9.69. The molecule has 1 aliphatic rings. The maximum Gasteiger partial charge on any atom is 0.320 e. The zero-order chi connectivity index (χ0) is 22.3. The molecule has 3 aromatic rings. The number of esters is 1. The number of rotatable bonds is 8. The third-order valence-corrected chi connectivity index (χ3v) is 6.47. The highest BCUT2D eigenvalue weighted by Gasteiger charge is 2.34. The summed E-state index contributed by atoms with van der Waals surface area (Å²) in [5.41, 5.74) is 5.01. The molecule has 0 saturated heterocycles. The molecule has 0 radical (unpaired) electrons. The summed E-state index contributed by atoms with van der Waals surface area (Å²) in [7, 11) is 1.71. The molecule has 1 aliphatic carbocycles. The molecule has 0 aromatic heterocycles. The Morgan fingerprint density at radius 1 is 1.03 bits per heavy atom. The molecule has 3 aromatic carbocycles. The predicted molar refractivity (Wildman–Crippen MR) is 127 cm³/mol. The van der Waals surface area contributed by atoms with Crippen molar-refractivity contribution in [2.24, 2.45) is 5.92 Å². The fourth-order valence-electron chi connectivity index (χ4n) is 4.76. The number of carbonyl (C=O) groups is 1. The summed E-state index contributed by atoms with van der Waals surface area (Å²) in [6.45, 7) is 2.70. The van der Waals surface area contributed by atoms with Crippen LogP contribution in [0.3, 0.4) is 0 Å². The van der Waals surface area contributed by atoms with Crippen molar-refractivity contribution >= 4 is 5.97 Å². The lowest BCUT2D eigenvalue weighted by Crippen LogP contribution is -2.41. The van der Waals surface area contributed by atoms with Gasteiger partial charge in [0.15, 0.2) is 0 Å². The second-order valence-electron chi connectivity index (χ2n) is 8.47. The summed E-state index contributed by atoms with van der Waals surface area (Å²) in [5.74, 6) is 1.33. The van der Waals surface area contributed by atoms with Crippen molar-refractivity contribution in [1.29, 1.82) is 0 Å². The monoisotopic (exact) mass is 429 g/mol. The minimum Gasteiger partial charge on any atom is -0.497 e. The summed E-state index contributed by atoms with van der Waals surface area (Å²) in [4.78, 5) is 12.3. The van der Waals surface area contributed by atoms with Gasteiger partial charge in [-0.15, -0.1) is 0 Å². The Morgan fingerprint density at radius 3 is 2.47 bits per heavy atom. The highest BCUT2D eigenvalue weighted by molar-refractivity contribution is 5.71. The molecule has 0 spiro atoms. The Labute approximate surface area is 190 Å². The molecule has 4 rings (SSSR count). The lowest BCUT2D eigenvalue weighted by molar-refractivity contribution is -0.144. The summed E-state index contributed by atoms with van der Waals surface area (Å²) in [6.07, 6.45) is 2.05. The summed E-state index contributed by atoms with van der Waals surface area (Å²) >= 11 is 0. The molecule has 0 fully saturated rings. The van der Waals surface area contributed by atoms with Crippen molar-refractivity contribution in [3.63, 3.8) is 0 Å². The highest BCUT2D eigenvalue weighted by atomic mass is 16.5. The van der Waals surface area contributed by atoms with Gasteiger partial charge in [-0.05, 0) is 60.1 Å². The second-order valence-corrected chi connectivity index (χ2v) is 8.47. The summed E-state index contributed by atoms with van der Waals surface area (Å²) in [5, 5.41) is 3.44. The molecule has 32 heavy (non-hydrogen) atoms. The largest absolute Gasteiger partial charge is 0.497 e. The number of nitrogens with one attached hydrogen (secondary N) is 1. The number of fused-ring (bicyclic) bond motifs is 1. The van der Waals surface area contributed by atoms with E-state index >= 15 is 0 Å². The molecule has 0 amide bonds. The second kappa shape index (κ2) is 10.5. The van der Waals surface area contributed by atoms with Crippen LogP contribution in [0.5, 0.6) is 5.75 Å². The molecule has 0 bridgehead atoms. The van der Waals surface area contributed by atoms with Gasteiger partial charge in [-0.1, -0.05) is 66.7 Å². The van der Waals surface area contributed by atoms with E-state index in [1.54, 1.807) is 7.11 Å². The normalized spacial score (nSPS) is 18.4. The molecule has 1 N–H and O–H groups in total. The van der Waals surface area contributed by atoms with Crippen LogP contribution in [0.2, 0.25) is 0 Å². The van der Waals surface area contributed by atoms with Crippen molar-refractivity contribution in [3.05, 3.63) is 101 Å². The van der Waals surface area contributed by atoms with Crippen LogP contribution in [0.25, 0.3) is 0 Å². The summed E-state index contributed by atoms with van der Waals surface area (Å²) < 4.78 is 10.9. The minimum atomic E-state index is -0.224. The van der Waals surface area contributed by atoms with Crippen LogP contribution in [0.1, 0.15) is 41.5 Å². The Bertz CT molecular complexity index is 1020. The first-order valence-corrected chi connectivity index (χ1v) is 11.3. The van der Waals surface area contributed by atoms with Crippen LogP contribution in [0, 0.1) is 5.92 Å². The molecule has 3 atom stereocenters. The topological polar surface area (TPSA) is 47.6 Å². The number of ether oxygens (including phenoxy) is 2. The number of carbonyl (C=O) groups excluding carboxylic acids is 1. The molecule has 166 valence electrons. The quantitative estimate of drug-likeness (QED) is 0.506. The van der Waals surface area contributed by atoms with E-state index in [0.717, 1.165) is 24.2 Å². The SMILES string of the molecule is COc1ccc2c(c1)CCC(C(C)NCC(=O)OCc1ccccc1)C2c1ccccc1. The number of aryl methyl sites for hydroxylation is 1. The molecule has 4 nitrogen and oxygen atoms in total. The summed E-state index contributed by atoms with van der Waals surface area (Å²) in [6, 6.07) is 27.0. The first-order chi connectivity index (χ1) is 15.7. The van der Waals surface area contributed by atoms with Gasteiger partial charge in [-0.3, -0.25) is 4.79 Å². The van der Waals surface area contributed by atoms with Crippen LogP contribution in [0.15, 0.2) is 78.9 Å². The standard InChI is InChI=1S/C28H31NO3/c1-20(29-18-27(30)32-19-21-9-5-3-6-10-21)25-15-13-23-17-24(31-2)14-16-26(23)28(25)22-11-7-4-8-12-22/h3-12,14,16-17,20,25,28-29H,13,15,18-19H2,1-2H3. The van der Waals surface area contributed by atoms with E-state index < -0.39 is 0 Å². The van der Waals surface area contributed by atoms with Gasteiger partial charge in [0.25, 0.3) is 0 Å². The maximum absolute atomic E-state index is 12.3. The van der Waals surface area contributed by atoms with Gasteiger partial charge in [-0.2, -0.15) is 0 Å². The van der Waals surface area contributed by atoms with E-state index in [0.29, 0.717) is 12.5 Å². The first-order valence-electron chi connectivity index (χ1n) is 11.3. The molecule has 0 aliphatic heterocycles. The van der Waals surface area contributed by atoms with Crippen molar-refractivity contribution < 1.29 is 14.3 Å². The van der Waals surface area contributed by atoms with E-state index in [4.69, 9.17) is 9.47 Å². The van der Waals surface area contributed by atoms with Crippen LogP contribution in [-0.2, 0) is 22.6 Å². The number of hydrogen-bond donors (Lipinski definition) is 1. The van der Waals surface area contributed by atoms with Gasteiger partial charge >= 0.3 is 5.97 Å². The zero-order valence-electron chi connectivity index (χ0n) is 18.8. The fraction of sp³-hybridized carbons (Fsp3) is 0.321. The van der Waals surface area contributed by atoms with Gasteiger partial charge in [0.2, 0.25) is 0 Å². The molecule has 3 unspecified atom stereocenters. The van der Waals surface area contributed by atoms with Gasteiger partial charge in [0.1, 0.15) is 12.4 Å². The van der Waals surface area contributed by atoms with E-state index in [9.17, 15) is 4.79 Å². The number of methoxy groups -OCH3 is 1. The van der Waals surface area contributed by atoms with E-state index in [2.05, 4.69) is 60.8 Å².